The summed E-state index contributed by atoms with van der Waals surface area (Å²) in [6.45, 7) is 0. The molecule has 80 valence electrons. The minimum Gasteiger partial charge on any atom is -0.262 e. The minimum atomic E-state index is -0.288. The van der Waals surface area contributed by atoms with E-state index in [2.05, 4.69) is 16.8 Å². The zero-order chi connectivity index (χ0) is 12.1. The number of nitriles is 1. The standard InChI is InChI=1S/C14H7FN2/c15-14-5-3-11(4-6-14)1-2-12-7-13(8-16)10-17-9-12/h3-7,9-10H. The van der Waals surface area contributed by atoms with Gasteiger partial charge < -0.3 is 0 Å². The van der Waals surface area contributed by atoms with Gasteiger partial charge in [-0.15, -0.1) is 0 Å². The van der Waals surface area contributed by atoms with Crippen LogP contribution >= 0.6 is 0 Å². The largest absolute Gasteiger partial charge is 0.262 e. The van der Waals surface area contributed by atoms with E-state index in [4.69, 9.17) is 5.26 Å². The van der Waals surface area contributed by atoms with Gasteiger partial charge in [-0.2, -0.15) is 5.26 Å². The zero-order valence-electron chi connectivity index (χ0n) is 8.81. The van der Waals surface area contributed by atoms with E-state index in [1.54, 1.807) is 24.4 Å². The third-order valence-corrected chi connectivity index (χ3v) is 2.06. The maximum atomic E-state index is 12.7. The Balaban J connectivity index is 2.27. The van der Waals surface area contributed by atoms with Crippen molar-refractivity contribution in [3.05, 3.63) is 65.2 Å². The fraction of sp³-hybridized carbons (Fsp3) is 0. The van der Waals surface area contributed by atoms with Gasteiger partial charge in [0.1, 0.15) is 11.9 Å². The molecule has 2 nitrogen and oxygen atoms in total. The lowest BCUT2D eigenvalue weighted by Crippen LogP contribution is -1.82. The van der Waals surface area contributed by atoms with Gasteiger partial charge in [-0.05, 0) is 30.3 Å². The lowest BCUT2D eigenvalue weighted by molar-refractivity contribution is 0.627. The Morgan fingerprint density at radius 2 is 1.59 bits per heavy atom. The van der Waals surface area contributed by atoms with Gasteiger partial charge in [-0.25, -0.2) is 4.39 Å². The van der Waals surface area contributed by atoms with E-state index in [0.29, 0.717) is 16.7 Å². The molecular weight excluding hydrogens is 215 g/mol. The zero-order valence-corrected chi connectivity index (χ0v) is 8.81. The molecule has 0 aliphatic heterocycles. The van der Waals surface area contributed by atoms with Gasteiger partial charge in [-0.1, -0.05) is 11.8 Å². The first-order valence-electron chi connectivity index (χ1n) is 4.91. The van der Waals surface area contributed by atoms with E-state index in [9.17, 15) is 4.39 Å². The molecule has 0 saturated carbocycles. The van der Waals surface area contributed by atoms with Crippen molar-refractivity contribution in [2.24, 2.45) is 0 Å². The smallest absolute Gasteiger partial charge is 0.123 e. The molecular formula is C14H7FN2. The van der Waals surface area contributed by atoms with Gasteiger partial charge in [0, 0.05) is 23.5 Å². The van der Waals surface area contributed by atoms with Gasteiger partial charge in [0.15, 0.2) is 0 Å². The molecule has 3 heteroatoms. The van der Waals surface area contributed by atoms with E-state index < -0.39 is 0 Å². The van der Waals surface area contributed by atoms with Crippen LogP contribution in [0.15, 0.2) is 42.7 Å². The molecule has 1 heterocycles. The third kappa shape index (κ3) is 2.90. The number of aromatic nitrogens is 1. The van der Waals surface area contributed by atoms with E-state index in [1.165, 1.54) is 18.3 Å². The molecule has 0 N–H and O–H groups in total. The van der Waals surface area contributed by atoms with Crippen LogP contribution in [0.2, 0.25) is 0 Å². The molecule has 2 aromatic rings. The Kier molecular flexibility index (Phi) is 3.14. The molecule has 0 spiro atoms. The molecule has 1 aromatic heterocycles. The SMILES string of the molecule is N#Cc1cncc(C#Cc2ccc(F)cc2)c1. The maximum absolute atomic E-state index is 12.7. The van der Waals surface area contributed by atoms with E-state index in [-0.39, 0.29) is 5.82 Å². The van der Waals surface area contributed by atoms with E-state index >= 15 is 0 Å². The number of rotatable bonds is 0. The lowest BCUT2D eigenvalue weighted by atomic mass is 10.2. The highest BCUT2D eigenvalue weighted by Gasteiger charge is 1.92. The topological polar surface area (TPSA) is 36.7 Å². The minimum absolute atomic E-state index is 0.288. The Bertz CT molecular complexity index is 628. The summed E-state index contributed by atoms with van der Waals surface area (Å²) in [5, 5.41) is 8.70. The second kappa shape index (κ2) is 4.92. The van der Waals surface area contributed by atoms with Crippen molar-refractivity contribution in [3.8, 4) is 17.9 Å². The quantitative estimate of drug-likeness (QED) is 0.642. The summed E-state index contributed by atoms with van der Waals surface area (Å²) in [5.74, 6) is 5.45. The monoisotopic (exact) mass is 222 g/mol. The van der Waals surface area contributed by atoms with Crippen LogP contribution in [-0.2, 0) is 0 Å². The van der Waals surface area contributed by atoms with Crippen LogP contribution in [-0.4, -0.2) is 4.98 Å². The highest BCUT2D eigenvalue weighted by Crippen LogP contribution is 2.03. The predicted molar refractivity (Wildman–Crippen MR) is 61.3 cm³/mol. The molecule has 0 unspecified atom stereocenters. The summed E-state index contributed by atoms with van der Waals surface area (Å²) >= 11 is 0. The van der Waals surface area contributed by atoms with Crippen LogP contribution in [0.25, 0.3) is 0 Å². The molecule has 0 aliphatic rings. The van der Waals surface area contributed by atoms with Crippen LogP contribution in [0.5, 0.6) is 0 Å². The van der Waals surface area contributed by atoms with Crippen LogP contribution in [0.3, 0.4) is 0 Å². The lowest BCUT2D eigenvalue weighted by Gasteiger charge is -1.91. The second-order valence-corrected chi connectivity index (χ2v) is 3.33. The van der Waals surface area contributed by atoms with Crippen LogP contribution in [0.1, 0.15) is 16.7 Å². The normalized spacial score (nSPS) is 8.94. The van der Waals surface area contributed by atoms with Crippen molar-refractivity contribution >= 4 is 0 Å². The number of hydrogen-bond acceptors (Lipinski definition) is 2. The van der Waals surface area contributed by atoms with Gasteiger partial charge in [-0.3, -0.25) is 4.98 Å². The molecule has 2 rings (SSSR count). The summed E-state index contributed by atoms with van der Waals surface area (Å²) in [4.78, 5) is 3.90. The Hall–Kier alpha value is -2.65. The average molecular weight is 222 g/mol. The molecule has 17 heavy (non-hydrogen) atoms. The van der Waals surface area contributed by atoms with Crippen molar-refractivity contribution in [2.45, 2.75) is 0 Å². The first kappa shape index (κ1) is 10.9. The highest BCUT2D eigenvalue weighted by atomic mass is 19.1. The molecule has 0 fully saturated rings. The summed E-state index contributed by atoms with van der Waals surface area (Å²) in [6, 6.07) is 9.56. The third-order valence-electron chi connectivity index (χ3n) is 2.06. The van der Waals surface area contributed by atoms with E-state index in [1.807, 2.05) is 6.07 Å². The molecule has 0 radical (unpaired) electrons. The number of nitrogens with zero attached hydrogens (tertiary/aromatic N) is 2. The van der Waals surface area contributed by atoms with E-state index in [0.717, 1.165) is 0 Å². The van der Waals surface area contributed by atoms with Gasteiger partial charge >= 0.3 is 0 Å². The van der Waals surface area contributed by atoms with Gasteiger partial charge in [0.05, 0.1) is 5.56 Å². The highest BCUT2D eigenvalue weighted by molar-refractivity contribution is 5.44. The van der Waals surface area contributed by atoms with Crippen LogP contribution in [0.4, 0.5) is 4.39 Å². The number of hydrogen-bond donors (Lipinski definition) is 0. The second-order valence-electron chi connectivity index (χ2n) is 3.33. The maximum Gasteiger partial charge on any atom is 0.123 e. The first-order chi connectivity index (χ1) is 8.28. The number of pyridine rings is 1. The molecule has 0 aliphatic carbocycles. The molecule has 0 atom stereocenters. The fourth-order valence-electron chi connectivity index (χ4n) is 1.25. The fourth-order valence-corrected chi connectivity index (χ4v) is 1.25. The summed E-state index contributed by atoms with van der Waals surface area (Å²) < 4.78 is 12.7. The Labute approximate surface area is 98.4 Å². The first-order valence-corrected chi connectivity index (χ1v) is 4.91. The van der Waals surface area contributed by atoms with Crippen LogP contribution < -0.4 is 0 Å². The molecule has 0 saturated heterocycles. The molecule has 0 amide bonds. The summed E-state index contributed by atoms with van der Waals surface area (Å²) in [5.41, 5.74) is 1.85. The predicted octanol–water partition coefficient (Wildman–Crippen LogP) is 2.49. The van der Waals surface area contributed by atoms with Gasteiger partial charge in [0.25, 0.3) is 0 Å². The average Bonchev–Trinajstić information content (AvgIpc) is 2.38. The summed E-state index contributed by atoms with van der Waals surface area (Å²) in [7, 11) is 0. The van der Waals surface area contributed by atoms with Crippen molar-refractivity contribution in [3.63, 3.8) is 0 Å². The summed E-state index contributed by atoms with van der Waals surface area (Å²) in [6.07, 6.45) is 3.06. The van der Waals surface area contributed by atoms with Crippen molar-refractivity contribution < 1.29 is 4.39 Å². The van der Waals surface area contributed by atoms with Crippen LogP contribution in [0, 0.1) is 29.0 Å². The Morgan fingerprint density at radius 1 is 0.941 bits per heavy atom. The Morgan fingerprint density at radius 3 is 2.29 bits per heavy atom. The number of halogens is 1. The van der Waals surface area contributed by atoms with Crippen molar-refractivity contribution in [2.75, 3.05) is 0 Å². The number of benzene rings is 1. The molecule has 1 aromatic carbocycles. The van der Waals surface area contributed by atoms with Crippen molar-refractivity contribution in [1.82, 2.24) is 4.98 Å². The molecule has 0 bridgehead atoms. The van der Waals surface area contributed by atoms with Crippen molar-refractivity contribution in [1.29, 1.82) is 5.26 Å². The van der Waals surface area contributed by atoms with Gasteiger partial charge in [0.2, 0.25) is 0 Å².